The standard InChI is InChI=1S/C24H40N4O3S/c1-7-19(8-2)18-26(9-3)24(29)16-15-23-25-21-17-20(13-14-22(21)28(23)12-6)32(30,31)27(10-4)11-5/h13-14,17,19H,7-12,15-16,18H2,1-6H3. The van der Waals surface area contributed by atoms with Gasteiger partial charge in [-0.1, -0.05) is 40.5 Å². The van der Waals surface area contributed by atoms with Gasteiger partial charge in [-0.05, 0) is 38.0 Å². The van der Waals surface area contributed by atoms with Crippen LogP contribution in [0.4, 0.5) is 0 Å². The summed E-state index contributed by atoms with van der Waals surface area (Å²) in [6.45, 7) is 15.2. The minimum absolute atomic E-state index is 0.152. The Morgan fingerprint density at radius 3 is 2.22 bits per heavy atom. The largest absolute Gasteiger partial charge is 0.343 e. The van der Waals surface area contributed by atoms with E-state index in [2.05, 4.69) is 18.4 Å². The molecule has 0 aliphatic heterocycles. The van der Waals surface area contributed by atoms with Crippen molar-refractivity contribution in [3.05, 3.63) is 24.0 Å². The third-order valence-corrected chi connectivity index (χ3v) is 8.43. The Kier molecular flexibility index (Phi) is 9.70. The van der Waals surface area contributed by atoms with E-state index < -0.39 is 10.0 Å². The van der Waals surface area contributed by atoms with Crippen LogP contribution in [0, 0.1) is 5.92 Å². The molecule has 180 valence electrons. The molecule has 0 atom stereocenters. The number of imidazole rings is 1. The minimum Gasteiger partial charge on any atom is -0.343 e. The van der Waals surface area contributed by atoms with Gasteiger partial charge in [-0.2, -0.15) is 4.31 Å². The molecule has 0 spiro atoms. The molecular formula is C24H40N4O3S. The summed E-state index contributed by atoms with van der Waals surface area (Å²) < 4.78 is 29.3. The van der Waals surface area contributed by atoms with Crippen molar-refractivity contribution in [3.8, 4) is 0 Å². The molecule has 1 heterocycles. The van der Waals surface area contributed by atoms with Gasteiger partial charge in [0.25, 0.3) is 0 Å². The molecule has 0 saturated heterocycles. The van der Waals surface area contributed by atoms with E-state index >= 15 is 0 Å². The van der Waals surface area contributed by atoms with Crippen LogP contribution in [0.15, 0.2) is 23.1 Å². The summed E-state index contributed by atoms with van der Waals surface area (Å²) in [5.41, 5.74) is 1.56. The molecule has 0 fully saturated rings. The summed E-state index contributed by atoms with van der Waals surface area (Å²) in [5, 5.41) is 0. The summed E-state index contributed by atoms with van der Waals surface area (Å²) >= 11 is 0. The number of sulfonamides is 1. The molecule has 0 saturated carbocycles. The maximum absolute atomic E-state index is 12.9. The fourth-order valence-corrected chi connectivity index (χ4v) is 5.70. The maximum Gasteiger partial charge on any atom is 0.243 e. The number of amides is 1. The zero-order chi connectivity index (χ0) is 23.9. The highest BCUT2D eigenvalue weighted by Crippen LogP contribution is 2.24. The second-order valence-electron chi connectivity index (χ2n) is 8.13. The van der Waals surface area contributed by atoms with Gasteiger partial charge in [0, 0.05) is 45.6 Å². The van der Waals surface area contributed by atoms with Gasteiger partial charge in [0.05, 0.1) is 15.9 Å². The predicted molar refractivity (Wildman–Crippen MR) is 130 cm³/mol. The second-order valence-corrected chi connectivity index (χ2v) is 10.1. The molecule has 0 aliphatic rings. The Labute approximate surface area is 193 Å². The third kappa shape index (κ3) is 5.70. The van der Waals surface area contributed by atoms with Gasteiger partial charge in [-0.15, -0.1) is 0 Å². The molecule has 0 aliphatic carbocycles. The highest BCUT2D eigenvalue weighted by molar-refractivity contribution is 7.89. The van der Waals surface area contributed by atoms with Gasteiger partial charge >= 0.3 is 0 Å². The summed E-state index contributed by atoms with van der Waals surface area (Å²) in [6, 6.07) is 5.15. The van der Waals surface area contributed by atoms with Crippen LogP contribution in [0.5, 0.6) is 0 Å². The van der Waals surface area contributed by atoms with E-state index in [1.54, 1.807) is 12.1 Å². The molecule has 1 aromatic carbocycles. The van der Waals surface area contributed by atoms with Gasteiger partial charge in [0.1, 0.15) is 5.82 Å². The van der Waals surface area contributed by atoms with Gasteiger partial charge < -0.3 is 9.47 Å². The van der Waals surface area contributed by atoms with E-state index in [1.807, 2.05) is 38.7 Å². The van der Waals surface area contributed by atoms with Crippen LogP contribution in [-0.4, -0.2) is 59.3 Å². The van der Waals surface area contributed by atoms with Crippen molar-refractivity contribution >= 4 is 27.0 Å². The van der Waals surface area contributed by atoms with Crippen molar-refractivity contribution in [1.82, 2.24) is 18.8 Å². The molecule has 0 bridgehead atoms. The smallest absolute Gasteiger partial charge is 0.243 e. The summed E-state index contributed by atoms with van der Waals surface area (Å²) in [4.78, 5) is 19.8. The highest BCUT2D eigenvalue weighted by Gasteiger charge is 2.23. The second kappa shape index (κ2) is 11.8. The quantitative estimate of drug-likeness (QED) is 0.443. The molecule has 2 rings (SSSR count). The first kappa shape index (κ1) is 26.3. The lowest BCUT2D eigenvalue weighted by Crippen LogP contribution is -2.35. The number of aryl methyl sites for hydroxylation is 2. The summed E-state index contributed by atoms with van der Waals surface area (Å²) in [6.07, 6.45) is 3.09. The molecule has 32 heavy (non-hydrogen) atoms. The molecule has 0 N–H and O–H groups in total. The molecule has 1 amide bonds. The van der Waals surface area contributed by atoms with Gasteiger partial charge in [-0.3, -0.25) is 4.79 Å². The zero-order valence-electron chi connectivity index (χ0n) is 20.6. The normalized spacial score (nSPS) is 12.2. The van der Waals surface area contributed by atoms with E-state index in [-0.39, 0.29) is 10.8 Å². The lowest BCUT2D eigenvalue weighted by molar-refractivity contribution is -0.131. The lowest BCUT2D eigenvalue weighted by Gasteiger charge is -2.25. The van der Waals surface area contributed by atoms with Crippen molar-refractivity contribution in [2.45, 2.75) is 78.7 Å². The summed E-state index contributed by atoms with van der Waals surface area (Å²) in [5.74, 6) is 1.51. The van der Waals surface area contributed by atoms with Crippen LogP contribution in [0.3, 0.4) is 0 Å². The minimum atomic E-state index is -3.54. The molecule has 0 unspecified atom stereocenters. The number of carbonyl (C=O) groups is 1. The van der Waals surface area contributed by atoms with Crippen molar-refractivity contribution in [3.63, 3.8) is 0 Å². The average molecular weight is 465 g/mol. The Morgan fingerprint density at radius 1 is 1.03 bits per heavy atom. The lowest BCUT2D eigenvalue weighted by atomic mass is 10.0. The van der Waals surface area contributed by atoms with E-state index in [1.165, 1.54) is 4.31 Å². The van der Waals surface area contributed by atoms with Crippen LogP contribution in [0.1, 0.15) is 66.6 Å². The number of hydrogen-bond donors (Lipinski definition) is 0. The number of fused-ring (bicyclic) bond motifs is 1. The van der Waals surface area contributed by atoms with Gasteiger partial charge in [0.15, 0.2) is 0 Å². The summed E-state index contributed by atoms with van der Waals surface area (Å²) in [7, 11) is -3.54. The first-order valence-corrected chi connectivity index (χ1v) is 13.5. The van der Waals surface area contributed by atoms with Gasteiger partial charge in [-0.25, -0.2) is 13.4 Å². The number of hydrogen-bond acceptors (Lipinski definition) is 4. The van der Waals surface area contributed by atoms with Crippen molar-refractivity contribution < 1.29 is 13.2 Å². The zero-order valence-corrected chi connectivity index (χ0v) is 21.4. The topological polar surface area (TPSA) is 75.5 Å². The first-order valence-electron chi connectivity index (χ1n) is 12.0. The molecular weight excluding hydrogens is 424 g/mol. The fraction of sp³-hybridized carbons (Fsp3) is 0.667. The Hall–Kier alpha value is -1.93. The molecule has 7 nitrogen and oxygen atoms in total. The van der Waals surface area contributed by atoms with Crippen molar-refractivity contribution in [2.75, 3.05) is 26.2 Å². The fourth-order valence-electron chi connectivity index (χ4n) is 4.22. The number of aromatic nitrogens is 2. The van der Waals surface area contributed by atoms with E-state index in [4.69, 9.17) is 4.98 Å². The first-order chi connectivity index (χ1) is 15.3. The Bertz CT molecular complexity index is 992. The highest BCUT2D eigenvalue weighted by atomic mass is 32.2. The molecule has 0 radical (unpaired) electrons. The van der Waals surface area contributed by atoms with E-state index in [9.17, 15) is 13.2 Å². The Balaban J connectivity index is 2.26. The van der Waals surface area contributed by atoms with Crippen LogP contribution in [0.25, 0.3) is 11.0 Å². The molecule has 2 aromatic rings. The number of nitrogens with zero attached hydrogens (tertiary/aromatic N) is 4. The van der Waals surface area contributed by atoms with E-state index in [0.29, 0.717) is 50.5 Å². The third-order valence-electron chi connectivity index (χ3n) is 6.39. The van der Waals surface area contributed by atoms with Crippen LogP contribution in [-0.2, 0) is 27.8 Å². The average Bonchev–Trinajstić information content (AvgIpc) is 3.15. The Morgan fingerprint density at radius 2 is 1.69 bits per heavy atom. The van der Waals surface area contributed by atoms with Crippen LogP contribution < -0.4 is 0 Å². The number of carbonyl (C=O) groups excluding carboxylic acids is 1. The molecule has 8 heteroatoms. The maximum atomic E-state index is 12.9. The number of benzene rings is 1. The molecule has 1 aromatic heterocycles. The van der Waals surface area contributed by atoms with Gasteiger partial charge in [0.2, 0.25) is 15.9 Å². The van der Waals surface area contributed by atoms with Crippen molar-refractivity contribution in [2.24, 2.45) is 5.92 Å². The number of rotatable bonds is 13. The van der Waals surface area contributed by atoms with E-state index in [0.717, 1.165) is 30.7 Å². The predicted octanol–water partition coefficient (Wildman–Crippen LogP) is 4.30. The van der Waals surface area contributed by atoms with Crippen LogP contribution in [0.2, 0.25) is 0 Å². The van der Waals surface area contributed by atoms with Crippen LogP contribution >= 0.6 is 0 Å². The monoisotopic (exact) mass is 464 g/mol. The van der Waals surface area contributed by atoms with Crippen molar-refractivity contribution in [1.29, 1.82) is 0 Å². The SMILES string of the molecule is CCC(CC)CN(CC)C(=O)CCc1nc2cc(S(=O)(=O)N(CC)CC)ccc2n1CC.